The molecule has 1 aromatic carbocycles. The van der Waals surface area contributed by atoms with Gasteiger partial charge in [0.25, 0.3) is 0 Å². The first-order chi connectivity index (χ1) is 13.5. The number of unbranched alkanes of at least 4 members (excludes halogenated alkanes) is 1. The molecule has 164 valence electrons. The lowest BCUT2D eigenvalue weighted by Crippen LogP contribution is -2.47. The van der Waals surface area contributed by atoms with E-state index in [1.165, 1.54) is 19.2 Å². The summed E-state index contributed by atoms with van der Waals surface area (Å²) in [6.07, 6.45) is 1.53. The lowest BCUT2D eigenvalue weighted by Gasteiger charge is -2.29. The topological polar surface area (TPSA) is 90.0 Å². The number of carbonyl (C=O) groups is 2. The van der Waals surface area contributed by atoms with Gasteiger partial charge in [0, 0.05) is 21.1 Å². The predicted octanol–water partition coefficient (Wildman–Crippen LogP) is 3.21. The van der Waals surface area contributed by atoms with Gasteiger partial charge in [-0.05, 0) is 37.9 Å². The fourth-order valence-electron chi connectivity index (χ4n) is 2.62. The normalized spacial score (nSPS) is 13.3. The molecule has 0 aromatic heterocycles. The van der Waals surface area contributed by atoms with Crippen molar-refractivity contribution in [3.63, 3.8) is 0 Å². The van der Waals surface area contributed by atoms with Crippen LogP contribution < -0.4 is 0 Å². The second kappa shape index (κ2) is 11.6. The van der Waals surface area contributed by atoms with Gasteiger partial charge < -0.3 is 14.3 Å². The van der Waals surface area contributed by atoms with Crippen LogP contribution in [0.4, 0.5) is 0 Å². The zero-order valence-corrected chi connectivity index (χ0v) is 19.8. The molecule has 0 fully saturated rings. The molecule has 0 amide bonds. The second-order valence-corrected chi connectivity index (χ2v) is 15.7. The van der Waals surface area contributed by atoms with Gasteiger partial charge in [-0.3, -0.25) is 4.79 Å². The van der Waals surface area contributed by atoms with E-state index in [0.717, 1.165) is 22.2 Å². The summed E-state index contributed by atoms with van der Waals surface area (Å²) in [4.78, 5) is 23.2. The van der Waals surface area contributed by atoms with Gasteiger partial charge in [0.1, 0.15) is 19.1 Å². The molecular weight excluding hydrogens is 410 g/mol. The minimum Gasteiger partial charge on any atom is -0.468 e. The van der Waals surface area contributed by atoms with E-state index in [2.05, 4.69) is 19.6 Å². The molecule has 0 radical (unpaired) electrons. The Hall–Kier alpha value is -1.55. The summed E-state index contributed by atoms with van der Waals surface area (Å²) in [5, 5.41) is 0. The number of carbonyl (C=O) groups excluding carboxylic acids is 2. The lowest BCUT2D eigenvalue weighted by molar-refractivity contribution is -0.147. The number of aldehydes is 1. The molecular formula is C20H33NO6SSi. The quantitative estimate of drug-likeness (QED) is 0.153. The Kier molecular flexibility index (Phi) is 10.2. The van der Waals surface area contributed by atoms with Crippen LogP contribution in [0.3, 0.4) is 0 Å². The Morgan fingerprint density at radius 1 is 1.21 bits per heavy atom. The molecule has 29 heavy (non-hydrogen) atoms. The fourth-order valence-corrected chi connectivity index (χ4v) is 4.86. The van der Waals surface area contributed by atoms with Gasteiger partial charge in [-0.2, -0.15) is 4.31 Å². The van der Waals surface area contributed by atoms with Crippen molar-refractivity contribution in [3.8, 4) is 0 Å². The Bertz CT molecular complexity index is 758. The van der Waals surface area contributed by atoms with Gasteiger partial charge in [0.15, 0.2) is 0 Å². The molecule has 0 spiro atoms. The Morgan fingerprint density at radius 2 is 1.83 bits per heavy atom. The largest absolute Gasteiger partial charge is 0.468 e. The molecule has 9 heteroatoms. The fraction of sp³-hybridized carbons (Fsp3) is 0.600. The van der Waals surface area contributed by atoms with E-state index >= 15 is 0 Å². The summed E-state index contributed by atoms with van der Waals surface area (Å²) in [6.45, 7) is 8.64. The van der Waals surface area contributed by atoms with Crippen LogP contribution in [0.25, 0.3) is 0 Å². The zero-order chi connectivity index (χ0) is 22.1. The summed E-state index contributed by atoms with van der Waals surface area (Å²) in [5.41, 5.74) is 0.928. The number of sulfonamides is 1. The Labute approximate surface area is 175 Å². The lowest BCUT2D eigenvalue weighted by atomic mass is 10.1. The SMILES string of the molecule is COC(=O)[C@H](CCCC=O)N(COCC[Si](C)(C)C)S(=O)(=O)c1ccc(C)cc1. The van der Waals surface area contributed by atoms with Crippen molar-refractivity contribution in [2.24, 2.45) is 0 Å². The first kappa shape index (κ1) is 25.5. The molecule has 0 aliphatic rings. The van der Waals surface area contributed by atoms with Gasteiger partial charge in [-0.25, -0.2) is 8.42 Å². The zero-order valence-electron chi connectivity index (χ0n) is 18.0. The number of methoxy groups -OCH3 is 1. The average Bonchev–Trinajstić information content (AvgIpc) is 2.65. The number of benzene rings is 1. The van der Waals surface area contributed by atoms with Gasteiger partial charge in [0.2, 0.25) is 10.0 Å². The van der Waals surface area contributed by atoms with Crippen LogP contribution in [0.2, 0.25) is 25.7 Å². The van der Waals surface area contributed by atoms with Crippen molar-refractivity contribution in [2.45, 2.75) is 62.8 Å². The van der Waals surface area contributed by atoms with Gasteiger partial charge >= 0.3 is 5.97 Å². The standard InChI is InChI=1S/C20H33NO6SSi/c1-17-9-11-18(12-10-17)28(24,25)21(16-27-14-15-29(3,4)5)19(20(23)26-2)8-6-7-13-22/h9-13,19H,6-8,14-16H2,1-5H3/t19-/m0/s1. The molecule has 1 aromatic rings. The van der Waals surface area contributed by atoms with Crippen LogP contribution in [0, 0.1) is 6.92 Å². The van der Waals surface area contributed by atoms with Gasteiger partial charge in [-0.1, -0.05) is 37.3 Å². The molecule has 0 saturated carbocycles. The van der Waals surface area contributed by atoms with Crippen molar-refractivity contribution in [2.75, 3.05) is 20.4 Å². The van der Waals surface area contributed by atoms with Crippen molar-refractivity contribution in [1.82, 2.24) is 4.31 Å². The van der Waals surface area contributed by atoms with Crippen molar-refractivity contribution in [3.05, 3.63) is 29.8 Å². The van der Waals surface area contributed by atoms with Crippen LogP contribution >= 0.6 is 0 Å². The van der Waals surface area contributed by atoms with Gasteiger partial charge in [0.05, 0.1) is 12.0 Å². The van der Waals surface area contributed by atoms with E-state index in [1.807, 2.05) is 6.92 Å². The minimum atomic E-state index is -3.99. The number of nitrogens with zero attached hydrogens (tertiary/aromatic N) is 1. The highest BCUT2D eigenvalue weighted by Gasteiger charge is 2.36. The van der Waals surface area contributed by atoms with Crippen molar-refractivity contribution in [1.29, 1.82) is 0 Å². The van der Waals surface area contributed by atoms with Crippen LogP contribution in [-0.4, -0.2) is 59.5 Å². The molecule has 0 bridgehead atoms. The van der Waals surface area contributed by atoms with Crippen LogP contribution in [0.5, 0.6) is 0 Å². The maximum absolute atomic E-state index is 13.3. The number of esters is 1. The van der Waals surface area contributed by atoms with Crippen LogP contribution in [0.1, 0.15) is 24.8 Å². The molecule has 0 unspecified atom stereocenters. The van der Waals surface area contributed by atoms with E-state index in [1.54, 1.807) is 12.1 Å². The van der Waals surface area contributed by atoms with Gasteiger partial charge in [-0.15, -0.1) is 0 Å². The molecule has 1 rings (SSSR count). The number of aryl methyl sites for hydroxylation is 1. The number of ether oxygens (including phenoxy) is 2. The maximum atomic E-state index is 13.3. The molecule has 0 heterocycles. The first-order valence-electron chi connectivity index (χ1n) is 9.70. The van der Waals surface area contributed by atoms with E-state index in [9.17, 15) is 18.0 Å². The summed E-state index contributed by atoms with van der Waals surface area (Å²) in [5.74, 6) is -0.666. The highest BCUT2D eigenvalue weighted by Crippen LogP contribution is 2.22. The van der Waals surface area contributed by atoms with E-state index in [-0.39, 0.29) is 24.5 Å². The van der Waals surface area contributed by atoms with E-state index in [4.69, 9.17) is 9.47 Å². The minimum absolute atomic E-state index is 0.0844. The third-order valence-corrected chi connectivity index (χ3v) is 8.01. The number of rotatable bonds is 13. The second-order valence-electron chi connectivity index (χ2n) is 8.19. The molecule has 0 aliphatic heterocycles. The van der Waals surface area contributed by atoms with Crippen LogP contribution in [-0.2, 0) is 29.1 Å². The Morgan fingerprint density at radius 3 is 2.34 bits per heavy atom. The molecule has 0 N–H and O–H groups in total. The first-order valence-corrected chi connectivity index (χ1v) is 14.9. The van der Waals surface area contributed by atoms with E-state index in [0.29, 0.717) is 13.0 Å². The monoisotopic (exact) mass is 443 g/mol. The molecule has 7 nitrogen and oxygen atoms in total. The average molecular weight is 444 g/mol. The predicted molar refractivity (Wildman–Crippen MR) is 115 cm³/mol. The highest BCUT2D eigenvalue weighted by molar-refractivity contribution is 7.89. The highest BCUT2D eigenvalue weighted by atomic mass is 32.2. The smallest absolute Gasteiger partial charge is 0.324 e. The van der Waals surface area contributed by atoms with E-state index < -0.39 is 30.1 Å². The molecule has 0 aliphatic carbocycles. The molecule has 0 saturated heterocycles. The van der Waals surface area contributed by atoms with Crippen molar-refractivity contribution >= 4 is 30.4 Å². The third kappa shape index (κ3) is 8.37. The third-order valence-electron chi connectivity index (χ3n) is 4.46. The number of hydrogen-bond acceptors (Lipinski definition) is 6. The summed E-state index contributed by atoms with van der Waals surface area (Å²) < 4.78 is 38.2. The summed E-state index contributed by atoms with van der Waals surface area (Å²) in [6, 6.07) is 6.25. The molecule has 1 atom stereocenters. The summed E-state index contributed by atoms with van der Waals surface area (Å²) >= 11 is 0. The van der Waals surface area contributed by atoms with Crippen molar-refractivity contribution < 1.29 is 27.5 Å². The number of hydrogen-bond donors (Lipinski definition) is 0. The summed E-state index contributed by atoms with van der Waals surface area (Å²) in [7, 11) is -4.13. The van der Waals surface area contributed by atoms with Crippen LogP contribution in [0.15, 0.2) is 29.2 Å². The Balaban J connectivity index is 3.17. The maximum Gasteiger partial charge on any atom is 0.324 e.